The summed E-state index contributed by atoms with van der Waals surface area (Å²) in [5.74, 6) is -2.75. The first kappa shape index (κ1) is 30.1. The maximum Gasteiger partial charge on any atom is 0.415 e. The number of hydrogen-bond acceptors (Lipinski definition) is 8. The van der Waals surface area contributed by atoms with Crippen molar-refractivity contribution in [3.8, 4) is 6.01 Å². The molecule has 0 spiro atoms. The molecule has 2 atom stereocenters. The number of fused-ring (bicyclic) bond motifs is 1. The molecule has 1 aromatic heterocycles. The fourth-order valence-corrected chi connectivity index (χ4v) is 4.60. The Bertz CT molecular complexity index is 1290. The van der Waals surface area contributed by atoms with Gasteiger partial charge in [-0.15, -0.1) is 0 Å². The number of nitro groups is 1. The lowest BCUT2D eigenvalue weighted by atomic mass is 10.0. The normalized spacial score (nSPS) is 20.6. The van der Waals surface area contributed by atoms with Crippen LogP contribution in [0.5, 0.6) is 6.01 Å². The Hall–Kier alpha value is -4.43. The summed E-state index contributed by atoms with van der Waals surface area (Å²) in [6, 6.07) is 7.73. The summed E-state index contributed by atoms with van der Waals surface area (Å²) in [6.07, 6.45) is 6.23. The number of carboxylic acids is 2. The number of ether oxygens (including phenoxy) is 1. The van der Waals surface area contributed by atoms with E-state index in [9.17, 15) is 29.6 Å². The largest absolute Gasteiger partial charge is 0.478 e. The first-order valence-electron chi connectivity index (χ1n) is 12.0. The van der Waals surface area contributed by atoms with Crippen molar-refractivity contribution in [2.24, 2.45) is 0 Å². The zero-order valence-corrected chi connectivity index (χ0v) is 22.2. The SMILES string of the molecule is C[C@]1(CN2CCN(C(=O)O)CC2CC=Cc2cccc(Cl)c2)Cn2cc([N+](=O)[O-])nc2O1.O=C(O)/C=C\C(=O)O. The number of amides is 1. The molecular weight excluding hydrogens is 550 g/mol. The first-order valence-corrected chi connectivity index (χ1v) is 12.4. The Balaban J connectivity index is 0.000000482. The first-order chi connectivity index (χ1) is 18.8. The number of rotatable bonds is 8. The van der Waals surface area contributed by atoms with Crippen molar-refractivity contribution in [3.05, 3.63) is 69.4 Å². The van der Waals surface area contributed by atoms with Gasteiger partial charge in [0.25, 0.3) is 0 Å². The van der Waals surface area contributed by atoms with Crippen LogP contribution in [-0.4, -0.2) is 95.4 Å². The molecule has 15 heteroatoms. The van der Waals surface area contributed by atoms with Crippen molar-refractivity contribution in [1.82, 2.24) is 19.4 Å². The molecule has 0 bridgehead atoms. The summed E-state index contributed by atoms with van der Waals surface area (Å²) < 4.78 is 7.63. The minimum atomic E-state index is -1.26. The number of aromatic nitrogens is 2. The number of imidazole rings is 1. The Morgan fingerprint density at radius 1 is 1.23 bits per heavy atom. The van der Waals surface area contributed by atoms with Gasteiger partial charge in [0.2, 0.25) is 0 Å². The lowest BCUT2D eigenvalue weighted by molar-refractivity contribution is -0.389. The van der Waals surface area contributed by atoms with Crippen molar-refractivity contribution in [3.63, 3.8) is 0 Å². The summed E-state index contributed by atoms with van der Waals surface area (Å²) in [5.41, 5.74) is 0.366. The minimum absolute atomic E-state index is 0.0297. The highest BCUT2D eigenvalue weighted by molar-refractivity contribution is 6.30. The molecule has 3 heterocycles. The van der Waals surface area contributed by atoms with Gasteiger partial charge in [-0.1, -0.05) is 35.9 Å². The van der Waals surface area contributed by atoms with Gasteiger partial charge in [0.05, 0.1) is 6.54 Å². The third-order valence-corrected chi connectivity index (χ3v) is 6.34. The molecule has 2 aliphatic heterocycles. The monoisotopic (exact) mass is 577 g/mol. The van der Waals surface area contributed by atoms with E-state index in [2.05, 4.69) is 9.88 Å². The van der Waals surface area contributed by atoms with Crippen LogP contribution in [0.25, 0.3) is 6.08 Å². The minimum Gasteiger partial charge on any atom is -0.478 e. The number of halogens is 1. The van der Waals surface area contributed by atoms with E-state index in [-0.39, 0.29) is 17.9 Å². The fourth-order valence-electron chi connectivity index (χ4n) is 4.41. The van der Waals surface area contributed by atoms with Gasteiger partial charge in [-0.25, -0.2) is 14.4 Å². The molecule has 1 aromatic carbocycles. The second kappa shape index (κ2) is 13.1. The Kier molecular flexibility index (Phi) is 9.85. The maximum absolute atomic E-state index is 11.5. The molecule has 214 valence electrons. The second-order valence-electron chi connectivity index (χ2n) is 9.37. The molecule has 0 aliphatic carbocycles. The van der Waals surface area contributed by atoms with E-state index in [4.69, 9.17) is 26.6 Å². The molecule has 0 saturated carbocycles. The van der Waals surface area contributed by atoms with Crippen LogP contribution in [0, 0.1) is 10.1 Å². The van der Waals surface area contributed by atoms with Crippen molar-refractivity contribution < 1.29 is 39.4 Å². The summed E-state index contributed by atoms with van der Waals surface area (Å²) in [7, 11) is 0. The Morgan fingerprint density at radius 3 is 2.50 bits per heavy atom. The average molecular weight is 578 g/mol. The van der Waals surface area contributed by atoms with Crippen LogP contribution in [0.4, 0.5) is 10.6 Å². The van der Waals surface area contributed by atoms with E-state index in [0.29, 0.717) is 56.3 Å². The van der Waals surface area contributed by atoms with E-state index < -0.39 is 28.6 Å². The molecule has 14 nitrogen and oxygen atoms in total. The van der Waals surface area contributed by atoms with E-state index >= 15 is 0 Å². The predicted molar refractivity (Wildman–Crippen MR) is 142 cm³/mol. The number of nitrogens with zero attached hydrogens (tertiary/aromatic N) is 5. The standard InChI is InChI=1S/C21H24ClN5O5.C4H4O4/c1-21(14-26-12-18(27(30)31)23-19(26)32-21)13-25-9-8-24(20(28)29)11-17(25)7-3-5-15-4-2-6-16(22)10-15;5-3(6)1-2-4(7)8/h2-6,10,12,17H,7-9,11,13-14H2,1H3,(H,28,29);1-2H,(H,5,6)(H,7,8)/b;2-1-/t17?,21-;/m0./s1. The van der Waals surface area contributed by atoms with Crippen LogP contribution < -0.4 is 4.74 Å². The topological polar surface area (TPSA) is 189 Å². The van der Waals surface area contributed by atoms with Crippen LogP contribution in [0.2, 0.25) is 5.02 Å². The number of benzene rings is 1. The van der Waals surface area contributed by atoms with Crippen LogP contribution in [-0.2, 0) is 16.1 Å². The quantitative estimate of drug-likeness (QED) is 0.237. The van der Waals surface area contributed by atoms with Gasteiger partial charge < -0.3 is 35.1 Å². The van der Waals surface area contributed by atoms with Crippen molar-refractivity contribution in [1.29, 1.82) is 0 Å². The highest BCUT2D eigenvalue weighted by Crippen LogP contribution is 2.32. The molecule has 40 heavy (non-hydrogen) atoms. The molecule has 1 saturated heterocycles. The number of carboxylic acid groups (broad SMARTS) is 3. The smallest absolute Gasteiger partial charge is 0.415 e. The zero-order chi connectivity index (χ0) is 29.4. The summed E-state index contributed by atoms with van der Waals surface area (Å²) >= 11 is 6.04. The summed E-state index contributed by atoms with van der Waals surface area (Å²) in [5, 5.41) is 36.7. The Morgan fingerprint density at radius 2 is 1.93 bits per heavy atom. The zero-order valence-electron chi connectivity index (χ0n) is 21.4. The fraction of sp³-hybridized carbons (Fsp3) is 0.360. The van der Waals surface area contributed by atoms with Gasteiger partial charge >= 0.3 is 29.9 Å². The van der Waals surface area contributed by atoms with Gasteiger partial charge in [0.1, 0.15) is 11.8 Å². The van der Waals surface area contributed by atoms with Crippen LogP contribution in [0.15, 0.2) is 48.7 Å². The molecule has 1 amide bonds. The third kappa shape index (κ3) is 8.54. The molecule has 2 aliphatic rings. The highest BCUT2D eigenvalue weighted by atomic mass is 35.5. The summed E-state index contributed by atoms with van der Waals surface area (Å²) in [6.45, 7) is 4.30. The lowest BCUT2D eigenvalue weighted by Gasteiger charge is -2.42. The van der Waals surface area contributed by atoms with Crippen LogP contribution >= 0.6 is 11.6 Å². The molecule has 3 N–H and O–H groups in total. The van der Waals surface area contributed by atoms with Crippen molar-refractivity contribution in [2.75, 3.05) is 26.2 Å². The molecule has 1 unspecified atom stereocenters. The number of aliphatic carboxylic acids is 2. The van der Waals surface area contributed by atoms with Crippen LogP contribution in [0.3, 0.4) is 0 Å². The molecular formula is C25H28ClN5O9. The van der Waals surface area contributed by atoms with Crippen molar-refractivity contribution in [2.45, 2.75) is 31.5 Å². The van der Waals surface area contributed by atoms with Gasteiger partial charge in [-0.05, 0) is 36.0 Å². The van der Waals surface area contributed by atoms with E-state index in [0.717, 1.165) is 5.56 Å². The van der Waals surface area contributed by atoms with Gasteiger partial charge in [-0.2, -0.15) is 0 Å². The number of piperazine rings is 1. The molecule has 1 fully saturated rings. The lowest BCUT2D eigenvalue weighted by Crippen LogP contribution is -2.58. The average Bonchev–Trinajstić information content (AvgIpc) is 3.39. The highest BCUT2D eigenvalue weighted by Gasteiger charge is 2.43. The van der Waals surface area contributed by atoms with Gasteiger partial charge in [-0.3, -0.25) is 9.47 Å². The molecule has 4 rings (SSSR count). The van der Waals surface area contributed by atoms with Gasteiger partial charge in [0, 0.05) is 54.4 Å². The Labute approximate surface area is 233 Å². The van der Waals surface area contributed by atoms with Crippen LogP contribution in [0.1, 0.15) is 18.9 Å². The molecule has 0 radical (unpaired) electrons. The van der Waals surface area contributed by atoms with E-state index in [1.54, 1.807) is 4.57 Å². The maximum atomic E-state index is 11.5. The van der Waals surface area contributed by atoms with E-state index in [1.165, 1.54) is 11.1 Å². The second-order valence-corrected chi connectivity index (χ2v) is 9.81. The van der Waals surface area contributed by atoms with Crippen molar-refractivity contribution >= 4 is 41.5 Å². The summed E-state index contributed by atoms with van der Waals surface area (Å²) in [4.78, 5) is 48.6. The van der Waals surface area contributed by atoms with E-state index in [1.807, 2.05) is 43.3 Å². The number of hydrogen-bond donors (Lipinski definition) is 3. The predicted octanol–water partition coefficient (Wildman–Crippen LogP) is 3.08. The number of carbonyl (C=O) groups is 3. The third-order valence-electron chi connectivity index (χ3n) is 6.11. The molecule has 2 aromatic rings. The van der Waals surface area contributed by atoms with Gasteiger partial charge in [0.15, 0.2) is 0 Å².